The lowest BCUT2D eigenvalue weighted by atomic mass is 10.2. The monoisotopic (exact) mass is 329 g/mol. The van der Waals surface area contributed by atoms with Crippen LogP contribution in [0.25, 0.3) is 0 Å². The number of thiocarbonyl (C=S) groups is 1. The highest BCUT2D eigenvalue weighted by atomic mass is 32.1. The summed E-state index contributed by atoms with van der Waals surface area (Å²) in [6.07, 6.45) is 0. The van der Waals surface area contributed by atoms with Gasteiger partial charge in [0.05, 0.1) is 5.69 Å². The largest absolute Gasteiger partial charge is 0.366 e. The molecule has 0 saturated carbocycles. The smallest absolute Gasteiger partial charge is 0.169 e. The summed E-state index contributed by atoms with van der Waals surface area (Å²) in [5.41, 5.74) is 1.88. The lowest BCUT2D eigenvalue weighted by Gasteiger charge is -2.37. The molecule has 2 aromatic rings. The SMILES string of the molecule is Fc1ccccc1N1CCN(C(=S)NCc2ccccc2)CC1. The topological polar surface area (TPSA) is 18.5 Å². The molecule has 0 radical (unpaired) electrons. The van der Waals surface area contributed by atoms with E-state index in [4.69, 9.17) is 12.2 Å². The number of benzene rings is 2. The van der Waals surface area contributed by atoms with Crippen molar-refractivity contribution in [1.82, 2.24) is 10.2 Å². The highest BCUT2D eigenvalue weighted by Crippen LogP contribution is 2.20. The Morgan fingerprint density at radius 1 is 0.957 bits per heavy atom. The summed E-state index contributed by atoms with van der Waals surface area (Å²) in [4.78, 5) is 4.22. The predicted octanol–water partition coefficient (Wildman–Crippen LogP) is 3.02. The molecule has 0 unspecified atom stereocenters. The number of piperazine rings is 1. The Morgan fingerprint density at radius 2 is 1.61 bits per heavy atom. The van der Waals surface area contributed by atoms with Gasteiger partial charge in [0, 0.05) is 32.7 Å². The Balaban J connectivity index is 1.50. The van der Waals surface area contributed by atoms with E-state index in [1.54, 1.807) is 6.07 Å². The van der Waals surface area contributed by atoms with Gasteiger partial charge in [0.1, 0.15) is 5.82 Å². The highest BCUT2D eigenvalue weighted by molar-refractivity contribution is 7.80. The van der Waals surface area contributed by atoms with Crippen LogP contribution in [0.3, 0.4) is 0 Å². The third-order valence-corrected chi connectivity index (χ3v) is 4.45. The molecule has 3 rings (SSSR count). The zero-order valence-electron chi connectivity index (χ0n) is 12.9. The van der Waals surface area contributed by atoms with Crippen molar-refractivity contribution in [2.24, 2.45) is 0 Å². The van der Waals surface area contributed by atoms with E-state index in [-0.39, 0.29) is 5.82 Å². The van der Waals surface area contributed by atoms with Crippen LogP contribution in [-0.2, 0) is 6.54 Å². The van der Waals surface area contributed by atoms with E-state index in [1.807, 2.05) is 30.3 Å². The summed E-state index contributed by atoms with van der Waals surface area (Å²) < 4.78 is 13.8. The van der Waals surface area contributed by atoms with Crippen LogP contribution in [0.1, 0.15) is 5.56 Å². The minimum Gasteiger partial charge on any atom is -0.366 e. The van der Waals surface area contributed by atoms with Gasteiger partial charge in [-0.3, -0.25) is 0 Å². The number of nitrogens with one attached hydrogen (secondary N) is 1. The average Bonchev–Trinajstić information content (AvgIpc) is 2.61. The summed E-state index contributed by atoms with van der Waals surface area (Å²) in [5, 5.41) is 4.07. The maximum Gasteiger partial charge on any atom is 0.169 e. The maximum absolute atomic E-state index is 13.8. The first kappa shape index (κ1) is 15.7. The summed E-state index contributed by atoms with van der Waals surface area (Å²) in [6, 6.07) is 17.1. The first-order valence-corrected chi connectivity index (χ1v) is 8.21. The molecular formula is C18H20FN3S. The van der Waals surface area contributed by atoms with Gasteiger partial charge in [-0.05, 0) is 29.9 Å². The molecule has 1 saturated heterocycles. The molecule has 0 atom stereocenters. The summed E-state index contributed by atoms with van der Waals surface area (Å²) >= 11 is 5.48. The highest BCUT2D eigenvalue weighted by Gasteiger charge is 2.20. The lowest BCUT2D eigenvalue weighted by molar-refractivity contribution is 0.378. The number of hydrogen-bond acceptors (Lipinski definition) is 2. The van der Waals surface area contributed by atoms with Gasteiger partial charge < -0.3 is 15.1 Å². The fraction of sp³-hybridized carbons (Fsp3) is 0.278. The molecule has 1 fully saturated rings. The van der Waals surface area contributed by atoms with Crippen molar-refractivity contribution in [3.63, 3.8) is 0 Å². The van der Waals surface area contributed by atoms with Crippen molar-refractivity contribution in [2.45, 2.75) is 6.54 Å². The number of para-hydroxylation sites is 1. The third kappa shape index (κ3) is 3.99. The molecule has 1 heterocycles. The lowest BCUT2D eigenvalue weighted by Crippen LogP contribution is -2.51. The second-order valence-electron chi connectivity index (χ2n) is 5.57. The van der Waals surface area contributed by atoms with Gasteiger partial charge in [-0.1, -0.05) is 42.5 Å². The Labute approximate surface area is 141 Å². The van der Waals surface area contributed by atoms with Crippen LogP contribution in [-0.4, -0.2) is 36.2 Å². The van der Waals surface area contributed by atoms with Crippen molar-refractivity contribution in [1.29, 1.82) is 0 Å². The molecule has 0 amide bonds. The van der Waals surface area contributed by atoms with Gasteiger partial charge in [-0.2, -0.15) is 0 Å². The van der Waals surface area contributed by atoms with Gasteiger partial charge in [-0.25, -0.2) is 4.39 Å². The third-order valence-electron chi connectivity index (χ3n) is 4.05. The van der Waals surface area contributed by atoms with Crippen LogP contribution in [0, 0.1) is 5.82 Å². The molecule has 0 spiro atoms. The van der Waals surface area contributed by atoms with E-state index < -0.39 is 0 Å². The van der Waals surface area contributed by atoms with E-state index in [0.29, 0.717) is 5.69 Å². The number of hydrogen-bond donors (Lipinski definition) is 1. The number of nitrogens with zero attached hydrogens (tertiary/aromatic N) is 2. The minimum atomic E-state index is -0.161. The Kier molecular flexibility index (Phi) is 5.08. The van der Waals surface area contributed by atoms with Crippen molar-refractivity contribution < 1.29 is 4.39 Å². The molecule has 3 nitrogen and oxygen atoms in total. The Hall–Kier alpha value is -2.14. The van der Waals surface area contributed by atoms with E-state index in [2.05, 4.69) is 27.2 Å². The van der Waals surface area contributed by atoms with Crippen LogP contribution in [0.15, 0.2) is 54.6 Å². The second-order valence-corrected chi connectivity index (χ2v) is 5.96. The molecule has 23 heavy (non-hydrogen) atoms. The molecule has 0 bridgehead atoms. The summed E-state index contributed by atoms with van der Waals surface area (Å²) in [6.45, 7) is 3.87. The van der Waals surface area contributed by atoms with Gasteiger partial charge in [-0.15, -0.1) is 0 Å². The number of rotatable bonds is 3. The van der Waals surface area contributed by atoms with Crippen LogP contribution < -0.4 is 10.2 Å². The number of halogens is 1. The minimum absolute atomic E-state index is 0.161. The first-order valence-electron chi connectivity index (χ1n) is 7.80. The maximum atomic E-state index is 13.8. The van der Waals surface area contributed by atoms with Crippen LogP contribution in [0.4, 0.5) is 10.1 Å². The standard InChI is InChI=1S/C18H20FN3S/c19-16-8-4-5-9-17(16)21-10-12-22(13-11-21)18(23)20-14-15-6-2-1-3-7-15/h1-9H,10-14H2,(H,20,23). The fourth-order valence-electron chi connectivity index (χ4n) is 2.74. The molecule has 1 aliphatic rings. The number of anilines is 1. The van der Waals surface area contributed by atoms with Crippen LogP contribution in [0.2, 0.25) is 0 Å². The zero-order valence-corrected chi connectivity index (χ0v) is 13.7. The Morgan fingerprint density at radius 3 is 2.30 bits per heavy atom. The van der Waals surface area contributed by atoms with Crippen molar-refractivity contribution in [3.8, 4) is 0 Å². The first-order chi connectivity index (χ1) is 11.2. The van der Waals surface area contributed by atoms with E-state index >= 15 is 0 Å². The zero-order chi connectivity index (χ0) is 16.1. The van der Waals surface area contributed by atoms with Crippen molar-refractivity contribution in [2.75, 3.05) is 31.1 Å². The molecule has 0 aliphatic carbocycles. The normalized spacial score (nSPS) is 14.7. The van der Waals surface area contributed by atoms with E-state index in [9.17, 15) is 4.39 Å². The van der Waals surface area contributed by atoms with Crippen molar-refractivity contribution in [3.05, 3.63) is 66.0 Å². The quantitative estimate of drug-likeness (QED) is 0.872. The van der Waals surface area contributed by atoms with E-state index in [0.717, 1.165) is 37.8 Å². The molecule has 5 heteroatoms. The van der Waals surface area contributed by atoms with Gasteiger partial charge >= 0.3 is 0 Å². The Bertz CT molecular complexity index is 654. The predicted molar refractivity (Wildman–Crippen MR) is 96.1 cm³/mol. The van der Waals surface area contributed by atoms with Crippen LogP contribution in [0.5, 0.6) is 0 Å². The van der Waals surface area contributed by atoms with Gasteiger partial charge in [0.25, 0.3) is 0 Å². The molecule has 1 aliphatic heterocycles. The average molecular weight is 329 g/mol. The molecular weight excluding hydrogens is 309 g/mol. The molecule has 2 aromatic carbocycles. The van der Waals surface area contributed by atoms with Gasteiger partial charge in [0.15, 0.2) is 5.11 Å². The van der Waals surface area contributed by atoms with Crippen LogP contribution >= 0.6 is 12.2 Å². The summed E-state index contributed by atoms with van der Waals surface area (Å²) in [5.74, 6) is -0.161. The molecule has 120 valence electrons. The van der Waals surface area contributed by atoms with E-state index in [1.165, 1.54) is 11.6 Å². The molecule has 1 N–H and O–H groups in total. The second kappa shape index (κ2) is 7.42. The summed E-state index contributed by atoms with van der Waals surface area (Å²) in [7, 11) is 0. The molecule has 0 aromatic heterocycles. The van der Waals surface area contributed by atoms with Crippen molar-refractivity contribution >= 4 is 23.0 Å². The van der Waals surface area contributed by atoms with Gasteiger partial charge in [0.2, 0.25) is 0 Å². The fourth-order valence-corrected chi connectivity index (χ4v) is 3.00.